The van der Waals surface area contributed by atoms with Crippen molar-refractivity contribution in [3.63, 3.8) is 0 Å². The predicted molar refractivity (Wildman–Crippen MR) is 130 cm³/mol. The van der Waals surface area contributed by atoms with E-state index in [2.05, 4.69) is 27.7 Å². The summed E-state index contributed by atoms with van der Waals surface area (Å²) >= 11 is 0. The van der Waals surface area contributed by atoms with Crippen molar-refractivity contribution in [1.29, 1.82) is 0 Å². The van der Waals surface area contributed by atoms with Gasteiger partial charge < -0.3 is 10.2 Å². The third-order valence-corrected chi connectivity index (χ3v) is 14.0. The fourth-order valence-electron chi connectivity index (χ4n) is 12.1. The second kappa shape index (κ2) is 6.47. The van der Waals surface area contributed by atoms with E-state index < -0.39 is 5.60 Å². The normalized spacial score (nSPS) is 57.2. The number of ketones is 1. The Hall–Kier alpha value is -0.410. The van der Waals surface area contributed by atoms with Gasteiger partial charge in [0.05, 0.1) is 11.7 Å². The van der Waals surface area contributed by atoms with Gasteiger partial charge in [0.15, 0.2) is 0 Å². The first-order chi connectivity index (χ1) is 15.2. The molecule has 0 bridgehead atoms. The van der Waals surface area contributed by atoms with Crippen LogP contribution in [0.2, 0.25) is 0 Å². The van der Waals surface area contributed by atoms with Crippen LogP contribution in [0.5, 0.6) is 0 Å². The summed E-state index contributed by atoms with van der Waals surface area (Å²) < 4.78 is 0. The second-order valence-electron chi connectivity index (χ2n) is 15.3. The van der Waals surface area contributed by atoms with Gasteiger partial charge in [-0.25, -0.2) is 0 Å². The summed E-state index contributed by atoms with van der Waals surface area (Å²) in [6.45, 7) is 13.5. The van der Waals surface area contributed by atoms with Gasteiger partial charge in [0, 0.05) is 17.8 Å². The lowest BCUT2D eigenvalue weighted by atomic mass is 9.42. The Morgan fingerprint density at radius 2 is 1.48 bits per heavy atom. The minimum Gasteiger partial charge on any atom is -0.392 e. The number of rotatable bonds is 2. The number of Topliss-reactive ketones (excluding diaryl/α,β-unsaturated/α-hetero) is 1. The first-order valence-electron chi connectivity index (χ1n) is 14.2. The Morgan fingerprint density at radius 1 is 0.818 bits per heavy atom. The number of aliphatic hydroxyl groups excluding tert-OH is 1. The van der Waals surface area contributed by atoms with Gasteiger partial charge >= 0.3 is 0 Å². The van der Waals surface area contributed by atoms with Crippen molar-refractivity contribution < 1.29 is 15.0 Å². The fraction of sp³-hybridized carbons (Fsp3) is 0.967. The van der Waals surface area contributed by atoms with E-state index in [1.54, 1.807) is 0 Å². The molecule has 0 heterocycles. The minimum atomic E-state index is -0.794. The van der Waals surface area contributed by atoms with Crippen LogP contribution in [0.3, 0.4) is 0 Å². The van der Waals surface area contributed by atoms with Gasteiger partial charge in [-0.15, -0.1) is 0 Å². The maximum absolute atomic E-state index is 12.9. The fourth-order valence-corrected chi connectivity index (χ4v) is 12.1. The zero-order valence-corrected chi connectivity index (χ0v) is 22.0. The molecule has 3 heteroatoms. The summed E-state index contributed by atoms with van der Waals surface area (Å²) in [5.74, 6) is 2.84. The van der Waals surface area contributed by atoms with E-state index in [9.17, 15) is 15.0 Å². The zero-order chi connectivity index (χ0) is 23.8. The Morgan fingerprint density at radius 3 is 2.15 bits per heavy atom. The lowest BCUT2D eigenvalue weighted by Gasteiger charge is -2.62. The molecular formula is C30H48O3. The van der Waals surface area contributed by atoms with E-state index in [1.807, 2.05) is 13.8 Å². The number of hydrogen-bond acceptors (Lipinski definition) is 3. The van der Waals surface area contributed by atoms with Gasteiger partial charge in [0.2, 0.25) is 0 Å². The molecule has 6 saturated carbocycles. The van der Waals surface area contributed by atoms with E-state index in [0.717, 1.165) is 31.6 Å². The van der Waals surface area contributed by atoms with Crippen molar-refractivity contribution in [1.82, 2.24) is 0 Å². The lowest BCUT2D eigenvalue weighted by molar-refractivity contribution is -0.159. The monoisotopic (exact) mass is 456 g/mol. The second-order valence-corrected chi connectivity index (χ2v) is 15.3. The summed E-state index contributed by atoms with van der Waals surface area (Å²) in [6, 6.07) is 0. The molecule has 33 heavy (non-hydrogen) atoms. The highest BCUT2D eigenvalue weighted by atomic mass is 16.3. The average Bonchev–Trinajstić information content (AvgIpc) is 3.10. The summed E-state index contributed by atoms with van der Waals surface area (Å²) in [4.78, 5) is 12.9. The van der Waals surface area contributed by atoms with Gasteiger partial charge in [-0.3, -0.25) is 4.79 Å². The molecule has 6 aliphatic rings. The molecule has 2 N–H and O–H groups in total. The maximum atomic E-state index is 12.9. The van der Waals surface area contributed by atoms with Crippen LogP contribution in [0, 0.1) is 56.7 Å². The van der Waals surface area contributed by atoms with Gasteiger partial charge in [0.1, 0.15) is 5.78 Å². The maximum Gasteiger partial charge on any atom is 0.138 e. The molecule has 0 aliphatic heterocycles. The summed E-state index contributed by atoms with van der Waals surface area (Å²) in [5.41, 5.74) is 0.641. The van der Waals surface area contributed by atoms with Crippen molar-refractivity contribution in [3.8, 4) is 0 Å². The van der Waals surface area contributed by atoms with Crippen molar-refractivity contribution in [2.75, 3.05) is 0 Å². The number of fused-ring (bicyclic) bond motifs is 2. The molecule has 0 aromatic carbocycles. The molecule has 0 saturated heterocycles. The molecule has 0 amide bonds. The third-order valence-electron chi connectivity index (χ3n) is 14.0. The summed E-state index contributed by atoms with van der Waals surface area (Å²) in [6.07, 6.45) is 12.8. The molecule has 0 aromatic heterocycles. The van der Waals surface area contributed by atoms with E-state index in [-0.39, 0.29) is 17.4 Å². The Labute approximate surface area is 201 Å². The van der Waals surface area contributed by atoms with E-state index in [1.165, 1.54) is 44.9 Å². The molecule has 10 unspecified atom stereocenters. The molecule has 6 aliphatic carbocycles. The highest BCUT2D eigenvalue weighted by Crippen LogP contribution is 2.89. The van der Waals surface area contributed by atoms with Crippen molar-refractivity contribution in [3.05, 3.63) is 0 Å². The van der Waals surface area contributed by atoms with E-state index in [0.29, 0.717) is 45.2 Å². The van der Waals surface area contributed by atoms with Gasteiger partial charge in [-0.1, -0.05) is 27.7 Å². The zero-order valence-electron chi connectivity index (χ0n) is 22.0. The average molecular weight is 457 g/mol. The van der Waals surface area contributed by atoms with Gasteiger partial charge in [-0.2, -0.15) is 0 Å². The van der Waals surface area contributed by atoms with Crippen LogP contribution >= 0.6 is 0 Å². The number of carbonyl (C=O) groups is 1. The quantitative estimate of drug-likeness (QED) is 0.524. The summed E-state index contributed by atoms with van der Waals surface area (Å²) in [5, 5.41) is 22.0. The molecule has 2 spiro atoms. The SMILES string of the molecule is CC(C)(O)C1CCC(C2CCC3(C)C4CCC5C(C)(C)C(=O)CCC56CC46CCC23C)C1O. The first-order valence-corrected chi connectivity index (χ1v) is 14.2. The number of carbonyl (C=O) groups excluding carboxylic acids is 1. The highest BCUT2D eigenvalue weighted by molar-refractivity contribution is 5.86. The molecule has 6 fully saturated rings. The van der Waals surface area contributed by atoms with Gasteiger partial charge in [-0.05, 0) is 123 Å². The molecule has 3 nitrogen and oxygen atoms in total. The van der Waals surface area contributed by atoms with E-state index in [4.69, 9.17) is 0 Å². The minimum absolute atomic E-state index is 0.0111. The van der Waals surface area contributed by atoms with Crippen molar-refractivity contribution >= 4 is 5.78 Å². The Balaban J connectivity index is 1.31. The lowest BCUT2D eigenvalue weighted by Crippen LogP contribution is -2.57. The number of hydrogen-bond donors (Lipinski definition) is 2. The number of aliphatic hydroxyl groups is 2. The molecular weight excluding hydrogens is 408 g/mol. The first kappa shape index (κ1) is 23.0. The van der Waals surface area contributed by atoms with Crippen LogP contribution in [0.25, 0.3) is 0 Å². The van der Waals surface area contributed by atoms with E-state index >= 15 is 0 Å². The standard InChI is InChI=1S/C30H48O3/c1-25(2)21-9-10-22-28(6)13-11-19(18-7-8-20(24(18)32)26(3,4)33)27(28,5)15-16-30(22)17-29(21,30)14-12-23(25)31/h18-22,24,32-33H,7-17H2,1-6H3. The molecule has 0 radical (unpaired) electrons. The van der Waals surface area contributed by atoms with Crippen molar-refractivity contribution in [2.45, 2.75) is 124 Å². The van der Waals surface area contributed by atoms with Crippen molar-refractivity contribution in [2.24, 2.45) is 56.7 Å². The van der Waals surface area contributed by atoms with Crippen LogP contribution in [-0.2, 0) is 4.79 Å². The topological polar surface area (TPSA) is 57.5 Å². The van der Waals surface area contributed by atoms with Gasteiger partial charge in [0.25, 0.3) is 0 Å². The van der Waals surface area contributed by atoms with Crippen LogP contribution in [0.15, 0.2) is 0 Å². The summed E-state index contributed by atoms with van der Waals surface area (Å²) in [7, 11) is 0. The van der Waals surface area contributed by atoms with Crippen LogP contribution < -0.4 is 0 Å². The van der Waals surface area contributed by atoms with Crippen LogP contribution in [-0.4, -0.2) is 27.7 Å². The van der Waals surface area contributed by atoms with Crippen LogP contribution in [0.1, 0.15) is 112 Å². The molecule has 0 aromatic rings. The molecule has 6 rings (SSSR count). The Kier molecular flexibility index (Phi) is 4.51. The van der Waals surface area contributed by atoms with Crippen LogP contribution in [0.4, 0.5) is 0 Å². The highest BCUT2D eigenvalue weighted by Gasteiger charge is 2.82. The Bertz CT molecular complexity index is 870. The largest absolute Gasteiger partial charge is 0.392 e. The smallest absolute Gasteiger partial charge is 0.138 e. The predicted octanol–water partition coefficient (Wildman–Crippen LogP) is 6.15. The molecule has 10 atom stereocenters. The molecule has 186 valence electrons. The third kappa shape index (κ3) is 2.53.